The van der Waals surface area contributed by atoms with Crippen LogP contribution in [0.2, 0.25) is 0 Å². The van der Waals surface area contributed by atoms with Gasteiger partial charge in [0, 0.05) is 35.6 Å². The lowest BCUT2D eigenvalue weighted by molar-refractivity contribution is 0.0603. The number of benzene rings is 1. The van der Waals surface area contributed by atoms with Gasteiger partial charge in [0.15, 0.2) is 5.11 Å². The Morgan fingerprint density at radius 2 is 1.90 bits per heavy atom. The number of aryl methyl sites for hydroxylation is 1. The fourth-order valence-electron chi connectivity index (χ4n) is 3.77. The fraction of sp³-hybridized carbons (Fsp3) is 0.455. The Labute approximate surface area is 182 Å². The summed E-state index contributed by atoms with van der Waals surface area (Å²) >= 11 is 7.09. The van der Waals surface area contributed by atoms with E-state index in [1.54, 1.807) is 0 Å². The van der Waals surface area contributed by atoms with Crippen molar-refractivity contribution in [3.8, 4) is 11.1 Å². The number of anilines is 1. The second-order valence-electron chi connectivity index (χ2n) is 7.60. The van der Waals surface area contributed by atoms with Crippen LogP contribution in [0.25, 0.3) is 11.1 Å². The monoisotopic (exact) mass is 431 g/mol. The highest BCUT2D eigenvalue weighted by Crippen LogP contribution is 2.40. The van der Waals surface area contributed by atoms with E-state index in [2.05, 4.69) is 29.4 Å². The SMILES string of the molecule is COC(=O)c1c(NC(=S)NC2CCN(C(C)C)CC2)sc(C)c1-c1ccccc1. The third-order valence-corrected chi connectivity index (χ3v) is 6.60. The molecule has 0 spiro atoms. The summed E-state index contributed by atoms with van der Waals surface area (Å²) in [7, 11) is 1.41. The van der Waals surface area contributed by atoms with Crippen molar-refractivity contribution in [2.45, 2.75) is 45.7 Å². The molecule has 1 aromatic carbocycles. The van der Waals surface area contributed by atoms with E-state index in [4.69, 9.17) is 17.0 Å². The van der Waals surface area contributed by atoms with Crippen molar-refractivity contribution in [1.29, 1.82) is 0 Å². The molecule has 2 aromatic rings. The van der Waals surface area contributed by atoms with Gasteiger partial charge in [0.05, 0.1) is 7.11 Å². The van der Waals surface area contributed by atoms with Crippen molar-refractivity contribution in [3.63, 3.8) is 0 Å². The summed E-state index contributed by atoms with van der Waals surface area (Å²) < 4.78 is 5.08. The zero-order valence-corrected chi connectivity index (χ0v) is 19.1. The number of piperidine rings is 1. The molecule has 29 heavy (non-hydrogen) atoms. The molecule has 1 fully saturated rings. The first-order chi connectivity index (χ1) is 13.9. The smallest absolute Gasteiger partial charge is 0.341 e. The summed E-state index contributed by atoms with van der Waals surface area (Å²) in [5.41, 5.74) is 2.44. The van der Waals surface area contributed by atoms with Crippen LogP contribution in [-0.2, 0) is 4.74 Å². The molecule has 5 nitrogen and oxygen atoms in total. The Morgan fingerprint density at radius 1 is 1.24 bits per heavy atom. The number of likely N-dealkylation sites (tertiary alicyclic amines) is 1. The van der Waals surface area contributed by atoms with E-state index >= 15 is 0 Å². The van der Waals surface area contributed by atoms with Gasteiger partial charge in [-0.25, -0.2) is 4.79 Å². The molecule has 0 amide bonds. The maximum Gasteiger partial charge on any atom is 0.341 e. The van der Waals surface area contributed by atoms with E-state index in [-0.39, 0.29) is 5.97 Å². The van der Waals surface area contributed by atoms with Gasteiger partial charge in [0.25, 0.3) is 0 Å². The van der Waals surface area contributed by atoms with Gasteiger partial charge in [-0.1, -0.05) is 30.3 Å². The van der Waals surface area contributed by atoms with Crippen molar-refractivity contribution in [1.82, 2.24) is 10.2 Å². The highest BCUT2D eigenvalue weighted by atomic mass is 32.1. The first kappa shape index (κ1) is 21.7. The summed E-state index contributed by atoms with van der Waals surface area (Å²) in [6.07, 6.45) is 2.12. The molecule has 0 radical (unpaired) electrons. The van der Waals surface area contributed by atoms with E-state index in [0.29, 0.717) is 22.8 Å². The average molecular weight is 432 g/mol. The van der Waals surface area contributed by atoms with Gasteiger partial charge in [-0.05, 0) is 51.4 Å². The lowest BCUT2D eigenvalue weighted by atomic mass is 10.0. The normalized spacial score (nSPS) is 15.3. The van der Waals surface area contributed by atoms with E-state index < -0.39 is 0 Å². The van der Waals surface area contributed by atoms with Crippen LogP contribution in [0.5, 0.6) is 0 Å². The third-order valence-electron chi connectivity index (χ3n) is 5.36. The molecular formula is C22H29N3O2S2. The van der Waals surface area contributed by atoms with Gasteiger partial charge in [-0.2, -0.15) is 0 Å². The zero-order chi connectivity index (χ0) is 21.0. The molecule has 1 aromatic heterocycles. The average Bonchev–Trinajstić information content (AvgIpc) is 3.03. The lowest BCUT2D eigenvalue weighted by Gasteiger charge is -2.35. The molecule has 0 atom stereocenters. The molecule has 7 heteroatoms. The number of thiophene rings is 1. The first-order valence-electron chi connectivity index (χ1n) is 9.99. The second-order valence-corrected chi connectivity index (χ2v) is 9.23. The summed E-state index contributed by atoms with van der Waals surface area (Å²) in [4.78, 5) is 16.1. The predicted molar refractivity (Wildman–Crippen MR) is 125 cm³/mol. The minimum Gasteiger partial charge on any atom is -0.465 e. The van der Waals surface area contributed by atoms with Crippen LogP contribution < -0.4 is 10.6 Å². The Morgan fingerprint density at radius 3 is 2.48 bits per heavy atom. The van der Waals surface area contributed by atoms with Crippen molar-refractivity contribution < 1.29 is 9.53 Å². The van der Waals surface area contributed by atoms with Crippen LogP contribution in [0.3, 0.4) is 0 Å². The van der Waals surface area contributed by atoms with E-state index in [1.165, 1.54) is 18.4 Å². The minimum absolute atomic E-state index is 0.348. The fourth-order valence-corrected chi connectivity index (χ4v) is 5.17. The van der Waals surface area contributed by atoms with Crippen LogP contribution >= 0.6 is 23.6 Å². The summed E-state index contributed by atoms with van der Waals surface area (Å²) in [5, 5.41) is 7.97. The van der Waals surface area contributed by atoms with Crippen LogP contribution in [0, 0.1) is 6.92 Å². The van der Waals surface area contributed by atoms with Gasteiger partial charge >= 0.3 is 5.97 Å². The zero-order valence-electron chi connectivity index (χ0n) is 17.5. The number of hydrogen-bond acceptors (Lipinski definition) is 5. The van der Waals surface area contributed by atoms with Gasteiger partial charge < -0.3 is 20.3 Å². The standard InChI is InChI=1S/C22H29N3O2S2/c1-14(2)25-12-10-17(11-13-25)23-22(28)24-20-19(21(26)27-4)18(15(3)29-20)16-8-6-5-7-9-16/h5-9,14,17H,10-13H2,1-4H3,(H2,23,24,28). The summed E-state index contributed by atoms with van der Waals surface area (Å²) in [6.45, 7) is 8.63. The molecule has 0 bridgehead atoms. The molecule has 0 aliphatic carbocycles. The maximum absolute atomic E-state index is 12.6. The predicted octanol–water partition coefficient (Wildman–Crippen LogP) is 4.67. The molecule has 2 N–H and O–H groups in total. The van der Waals surface area contributed by atoms with E-state index in [1.807, 2.05) is 37.3 Å². The Hall–Kier alpha value is -1.96. The number of ether oxygens (including phenoxy) is 1. The van der Waals surface area contributed by atoms with Gasteiger partial charge in [-0.15, -0.1) is 11.3 Å². The molecular weight excluding hydrogens is 402 g/mol. The van der Waals surface area contributed by atoms with Gasteiger partial charge in [0.2, 0.25) is 0 Å². The van der Waals surface area contributed by atoms with Crippen molar-refractivity contribution in [3.05, 3.63) is 40.8 Å². The van der Waals surface area contributed by atoms with Crippen LogP contribution in [0.4, 0.5) is 5.00 Å². The summed E-state index contributed by atoms with van der Waals surface area (Å²) in [6, 6.07) is 10.8. The highest BCUT2D eigenvalue weighted by molar-refractivity contribution is 7.80. The number of hydrogen-bond donors (Lipinski definition) is 2. The third kappa shape index (κ3) is 5.15. The van der Waals surface area contributed by atoms with Crippen LogP contribution in [0.15, 0.2) is 30.3 Å². The minimum atomic E-state index is -0.358. The molecule has 3 rings (SSSR count). The second kappa shape index (κ2) is 9.69. The van der Waals surface area contributed by atoms with Crippen molar-refractivity contribution >= 4 is 39.6 Å². The number of nitrogens with zero attached hydrogens (tertiary/aromatic N) is 1. The van der Waals surface area contributed by atoms with Gasteiger partial charge in [-0.3, -0.25) is 0 Å². The van der Waals surface area contributed by atoms with Crippen molar-refractivity contribution in [2.24, 2.45) is 0 Å². The molecule has 1 aliphatic heterocycles. The molecule has 2 heterocycles. The highest BCUT2D eigenvalue weighted by Gasteiger charge is 2.26. The Kier molecular flexibility index (Phi) is 7.27. The van der Waals surface area contributed by atoms with E-state index in [9.17, 15) is 4.79 Å². The molecule has 0 unspecified atom stereocenters. The Balaban J connectivity index is 1.75. The molecule has 1 saturated heterocycles. The maximum atomic E-state index is 12.6. The van der Waals surface area contributed by atoms with Crippen LogP contribution in [0.1, 0.15) is 41.9 Å². The first-order valence-corrected chi connectivity index (χ1v) is 11.2. The summed E-state index contributed by atoms with van der Waals surface area (Å²) in [5.74, 6) is -0.358. The molecule has 1 aliphatic rings. The number of carbonyl (C=O) groups is 1. The number of rotatable bonds is 5. The number of methoxy groups -OCH3 is 1. The van der Waals surface area contributed by atoms with Crippen molar-refractivity contribution in [2.75, 3.05) is 25.5 Å². The topological polar surface area (TPSA) is 53.6 Å². The number of thiocarbonyl (C=S) groups is 1. The van der Waals surface area contributed by atoms with Gasteiger partial charge in [0.1, 0.15) is 10.6 Å². The molecule has 0 saturated carbocycles. The largest absolute Gasteiger partial charge is 0.465 e. The Bertz CT molecular complexity index is 856. The van der Waals surface area contributed by atoms with Crippen LogP contribution in [-0.4, -0.2) is 48.3 Å². The quantitative estimate of drug-likeness (QED) is 0.530. The number of esters is 1. The lowest BCUT2D eigenvalue weighted by Crippen LogP contribution is -2.47. The number of nitrogens with one attached hydrogen (secondary N) is 2. The van der Waals surface area contributed by atoms with E-state index in [0.717, 1.165) is 46.9 Å². The number of carbonyl (C=O) groups excluding carboxylic acids is 1. The molecule has 156 valence electrons.